The molecule has 0 saturated carbocycles. The number of ether oxygens (including phenoxy) is 1. The summed E-state index contributed by atoms with van der Waals surface area (Å²) >= 11 is 3.04. The van der Waals surface area contributed by atoms with E-state index >= 15 is 0 Å². The zero-order chi connectivity index (χ0) is 18.9. The first kappa shape index (κ1) is 19.0. The Hall–Kier alpha value is -1.74. The predicted molar refractivity (Wildman–Crippen MR) is 107 cm³/mol. The molecule has 0 saturated heterocycles. The van der Waals surface area contributed by atoms with Crippen LogP contribution in [-0.4, -0.2) is 20.5 Å². The number of aryl methyl sites for hydroxylation is 3. The summed E-state index contributed by atoms with van der Waals surface area (Å²) in [6.45, 7) is 6.01. The Morgan fingerprint density at radius 3 is 2.54 bits per heavy atom. The molecule has 8 heteroatoms. The predicted octanol–water partition coefficient (Wildman–Crippen LogP) is 4.28. The molecule has 0 unspecified atom stereocenters. The summed E-state index contributed by atoms with van der Waals surface area (Å²) in [5.41, 5.74) is 1.82. The molecule has 3 aromatic rings. The fraction of sp³-hybridized carbons (Fsp3) is 0.278. The average molecular weight is 409 g/mol. The van der Waals surface area contributed by atoms with Gasteiger partial charge >= 0.3 is 0 Å². The second-order valence-corrected chi connectivity index (χ2v) is 10.1. The highest BCUT2D eigenvalue weighted by Gasteiger charge is 2.21. The normalized spacial score (nSPS) is 11.7. The van der Waals surface area contributed by atoms with Crippen molar-refractivity contribution < 1.29 is 13.2 Å². The molecular weight excluding hydrogens is 388 g/mol. The van der Waals surface area contributed by atoms with Crippen molar-refractivity contribution in [1.29, 1.82) is 0 Å². The third-order valence-corrected chi connectivity index (χ3v) is 7.95. The maximum absolute atomic E-state index is 12.7. The first-order valence-electron chi connectivity index (χ1n) is 7.97. The second-order valence-electron chi connectivity index (χ2n) is 5.87. The van der Waals surface area contributed by atoms with Gasteiger partial charge in [-0.25, -0.2) is 18.1 Å². The number of benzene rings is 1. The maximum Gasteiger partial charge on any atom is 0.241 e. The lowest BCUT2D eigenvalue weighted by atomic mass is 10.2. The minimum Gasteiger partial charge on any atom is -0.497 e. The van der Waals surface area contributed by atoms with Crippen molar-refractivity contribution >= 4 is 32.7 Å². The smallest absolute Gasteiger partial charge is 0.241 e. The van der Waals surface area contributed by atoms with Crippen LogP contribution in [0.1, 0.15) is 21.0 Å². The van der Waals surface area contributed by atoms with Crippen molar-refractivity contribution in [3.63, 3.8) is 0 Å². The van der Waals surface area contributed by atoms with Crippen LogP contribution in [0.5, 0.6) is 5.75 Å². The van der Waals surface area contributed by atoms with Gasteiger partial charge in [-0.15, -0.1) is 22.7 Å². The number of nitrogens with one attached hydrogen (secondary N) is 1. The van der Waals surface area contributed by atoms with E-state index in [4.69, 9.17) is 4.74 Å². The van der Waals surface area contributed by atoms with Gasteiger partial charge in [-0.05, 0) is 44.5 Å². The van der Waals surface area contributed by atoms with Gasteiger partial charge in [0.1, 0.15) is 10.8 Å². The van der Waals surface area contributed by atoms with Crippen LogP contribution in [0, 0.1) is 20.8 Å². The zero-order valence-electron chi connectivity index (χ0n) is 15.0. The monoisotopic (exact) mass is 408 g/mol. The number of thiazole rings is 1. The third-order valence-electron chi connectivity index (χ3n) is 4.00. The van der Waals surface area contributed by atoms with Crippen LogP contribution in [0.2, 0.25) is 0 Å². The van der Waals surface area contributed by atoms with E-state index in [2.05, 4.69) is 9.71 Å². The number of aromatic nitrogens is 1. The highest BCUT2D eigenvalue weighted by atomic mass is 32.2. The summed E-state index contributed by atoms with van der Waals surface area (Å²) in [4.78, 5) is 7.62. The molecule has 1 N–H and O–H groups in total. The van der Waals surface area contributed by atoms with Crippen molar-refractivity contribution in [3.05, 3.63) is 51.3 Å². The van der Waals surface area contributed by atoms with Crippen LogP contribution in [0.15, 0.2) is 35.2 Å². The standard InChI is InChI=1S/C18H20N2O3S3/c1-11-12(2)25-18(20-11)16-9-17(13(3)24-16)26(21,22)19-10-14-6-5-7-15(8-14)23-4/h5-9,19H,10H2,1-4H3. The van der Waals surface area contributed by atoms with Gasteiger partial charge in [-0.1, -0.05) is 12.1 Å². The van der Waals surface area contributed by atoms with Crippen molar-refractivity contribution in [3.8, 4) is 15.6 Å². The van der Waals surface area contributed by atoms with Crippen molar-refractivity contribution in [2.45, 2.75) is 32.2 Å². The molecule has 5 nitrogen and oxygen atoms in total. The van der Waals surface area contributed by atoms with Crippen molar-refractivity contribution in [2.75, 3.05) is 7.11 Å². The fourth-order valence-electron chi connectivity index (χ4n) is 2.45. The van der Waals surface area contributed by atoms with Gasteiger partial charge in [0.2, 0.25) is 10.0 Å². The summed E-state index contributed by atoms with van der Waals surface area (Å²) < 4.78 is 33.3. The van der Waals surface area contributed by atoms with Crippen LogP contribution in [0.3, 0.4) is 0 Å². The van der Waals surface area contributed by atoms with Gasteiger partial charge in [0.05, 0.1) is 22.6 Å². The summed E-state index contributed by atoms with van der Waals surface area (Å²) in [5.74, 6) is 0.699. The largest absolute Gasteiger partial charge is 0.497 e. The molecule has 0 aliphatic rings. The molecule has 0 spiro atoms. The molecule has 0 aliphatic carbocycles. The zero-order valence-corrected chi connectivity index (χ0v) is 17.4. The van der Waals surface area contributed by atoms with Gasteiger partial charge in [0, 0.05) is 16.3 Å². The Labute approximate surface area is 161 Å². The molecule has 2 aromatic heterocycles. The maximum atomic E-state index is 12.7. The van der Waals surface area contributed by atoms with Gasteiger partial charge in [0.15, 0.2) is 0 Å². The topological polar surface area (TPSA) is 68.3 Å². The molecule has 138 valence electrons. The Morgan fingerprint density at radius 1 is 1.12 bits per heavy atom. The second kappa shape index (κ2) is 7.48. The lowest BCUT2D eigenvalue weighted by molar-refractivity contribution is 0.414. The third kappa shape index (κ3) is 3.98. The fourth-order valence-corrected chi connectivity index (χ4v) is 6.02. The average Bonchev–Trinajstić information content (AvgIpc) is 3.16. The van der Waals surface area contributed by atoms with E-state index in [1.54, 1.807) is 24.5 Å². The summed E-state index contributed by atoms with van der Waals surface area (Å²) in [6, 6.07) is 9.05. The highest BCUT2D eigenvalue weighted by molar-refractivity contribution is 7.89. The number of hydrogen-bond donors (Lipinski definition) is 1. The number of sulfonamides is 1. The molecular formula is C18H20N2O3S3. The lowest BCUT2D eigenvalue weighted by Gasteiger charge is -2.07. The Kier molecular flexibility index (Phi) is 5.47. The van der Waals surface area contributed by atoms with Gasteiger partial charge in [-0.3, -0.25) is 0 Å². The minimum absolute atomic E-state index is 0.208. The molecule has 3 rings (SSSR count). The van der Waals surface area contributed by atoms with Gasteiger partial charge in [-0.2, -0.15) is 0 Å². The molecule has 1 aromatic carbocycles. The quantitative estimate of drug-likeness (QED) is 0.661. The van der Waals surface area contributed by atoms with Crippen LogP contribution in [0.4, 0.5) is 0 Å². The lowest BCUT2D eigenvalue weighted by Crippen LogP contribution is -2.23. The number of hydrogen-bond acceptors (Lipinski definition) is 6. The van der Waals surface area contributed by atoms with E-state index in [1.807, 2.05) is 45.0 Å². The molecule has 0 atom stereocenters. The first-order valence-corrected chi connectivity index (χ1v) is 11.1. The van der Waals surface area contributed by atoms with Crippen molar-refractivity contribution in [2.24, 2.45) is 0 Å². The van der Waals surface area contributed by atoms with Crippen LogP contribution < -0.4 is 9.46 Å². The van der Waals surface area contributed by atoms with Crippen LogP contribution >= 0.6 is 22.7 Å². The Morgan fingerprint density at radius 2 is 1.88 bits per heavy atom. The van der Waals surface area contributed by atoms with Crippen LogP contribution in [0.25, 0.3) is 9.88 Å². The number of thiophene rings is 1. The van der Waals surface area contributed by atoms with E-state index in [-0.39, 0.29) is 6.54 Å². The van der Waals surface area contributed by atoms with Crippen molar-refractivity contribution in [1.82, 2.24) is 9.71 Å². The minimum atomic E-state index is -3.60. The molecule has 0 bridgehead atoms. The van der Waals surface area contributed by atoms with Crippen LogP contribution in [-0.2, 0) is 16.6 Å². The first-order chi connectivity index (χ1) is 12.3. The molecule has 0 fully saturated rings. The molecule has 0 aliphatic heterocycles. The van der Waals surface area contributed by atoms with E-state index in [0.29, 0.717) is 10.6 Å². The van der Waals surface area contributed by atoms with Gasteiger partial charge in [0.25, 0.3) is 0 Å². The van der Waals surface area contributed by atoms with E-state index < -0.39 is 10.0 Å². The molecule has 26 heavy (non-hydrogen) atoms. The number of nitrogens with zero attached hydrogens (tertiary/aromatic N) is 1. The molecule has 2 heterocycles. The molecule has 0 amide bonds. The van der Waals surface area contributed by atoms with E-state index in [1.165, 1.54) is 11.3 Å². The summed E-state index contributed by atoms with van der Waals surface area (Å²) in [6.07, 6.45) is 0. The Balaban J connectivity index is 1.83. The Bertz CT molecular complexity index is 1020. The van der Waals surface area contributed by atoms with E-state index in [9.17, 15) is 8.42 Å². The summed E-state index contributed by atoms with van der Waals surface area (Å²) in [7, 11) is -2.02. The summed E-state index contributed by atoms with van der Waals surface area (Å²) in [5, 5.41) is 0.863. The highest BCUT2D eigenvalue weighted by Crippen LogP contribution is 2.36. The van der Waals surface area contributed by atoms with Gasteiger partial charge < -0.3 is 4.74 Å². The number of methoxy groups -OCH3 is 1. The van der Waals surface area contributed by atoms with E-state index in [0.717, 1.165) is 30.9 Å². The number of rotatable bonds is 6. The SMILES string of the molecule is COc1cccc(CNS(=O)(=O)c2cc(-c3nc(C)c(C)s3)sc2C)c1. The molecule has 0 radical (unpaired) electrons.